The lowest BCUT2D eigenvalue weighted by molar-refractivity contribution is -0.255. The summed E-state index contributed by atoms with van der Waals surface area (Å²) >= 11 is 0. The fraction of sp³-hybridized carbons (Fsp3) is 0.133. The maximum atomic E-state index is 11.0. The molecule has 5 nitrogen and oxygen atoms in total. The number of fused-ring (bicyclic) bond motifs is 1. The lowest BCUT2D eigenvalue weighted by atomic mass is 10.1. The largest absolute Gasteiger partial charge is 0.543 e. The van der Waals surface area contributed by atoms with Crippen LogP contribution in [0.15, 0.2) is 36.4 Å². The molecule has 0 fully saturated rings. The first-order valence-electron chi connectivity index (χ1n) is 6.21. The van der Waals surface area contributed by atoms with Crippen molar-refractivity contribution in [2.75, 3.05) is 0 Å². The van der Waals surface area contributed by atoms with Crippen molar-refractivity contribution in [3.63, 3.8) is 0 Å². The minimum Gasteiger partial charge on any atom is -0.543 e. The second kappa shape index (κ2) is 4.45. The van der Waals surface area contributed by atoms with E-state index < -0.39 is 5.97 Å². The van der Waals surface area contributed by atoms with Gasteiger partial charge in [0.05, 0.1) is 17.4 Å². The van der Waals surface area contributed by atoms with Crippen LogP contribution in [0.3, 0.4) is 0 Å². The molecule has 20 heavy (non-hydrogen) atoms. The molecule has 3 rings (SSSR count). The van der Waals surface area contributed by atoms with Crippen molar-refractivity contribution in [2.45, 2.75) is 13.8 Å². The van der Waals surface area contributed by atoms with Crippen molar-refractivity contribution >= 4 is 11.6 Å². The zero-order chi connectivity index (χ0) is 14.3. The van der Waals surface area contributed by atoms with Crippen LogP contribution in [0.2, 0.25) is 0 Å². The van der Waals surface area contributed by atoms with E-state index in [4.69, 9.17) is 0 Å². The molecule has 2 aromatic heterocycles. The van der Waals surface area contributed by atoms with Crippen LogP contribution < -0.4 is 5.11 Å². The normalized spacial score (nSPS) is 10.9. The Morgan fingerprint density at radius 1 is 1.20 bits per heavy atom. The van der Waals surface area contributed by atoms with Crippen LogP contribution in [-0.4, -0.2) is 20.6 Å². The molecule has 0 bridgehead atoms. The van der Waals surface area contributed by atoms with Crippen LogP contribution in [0.25, 0.3) is 16.8 Å². The average molecular weight is 266 g/mol. The van der Waals surface area contributed by atoms with Gasteiger partial charge in [0, 0.05) is 11.3 Å². The summed E-state index contributed by atoms with van der Waals surface area (Å²) in [6.07, 6.45) is 0. The lowest BCUT2D eigenvalue weighted by Crippen LogP contribution is -2.24. The number of aromatic nitrogens is 3. The second-order valence-corrected chi connectivity index (χ2v) is 4.63. The number of carboxylic acids is 1. The summed E-state index contributed by atoms with van der Waals surface area (Å²) in [6.45, 7) is 3.68. The predicted molar refractivity (Wildman–Crippen MR) is 72.2 cm³/mol. The van der Waals surface area contributed by atoms with Gasteiger partial charge in [-0.2, -0.15) is 5.10 Å². The maximum Gasteiger partial charge on any atom is 0.164 e. The average Bonchev–Trinajstić information content (AvgIpc) is 2.76. The van der Waals surface area contributed by atoms with E-state index in [0.717, 1.165) is 16.8 Å². The Kier molecular flexibility index (Phi) is 2.75. The molecule has 100 valence electrons. The van der Waals surface area contributed by atoms with E-state index in [1.54, 1.807) is 11.4 Å². The molecule has 2 heterocycles. The van der Waals surface area contributed by atoms with Crippen molar-refractivity contribution in [3.05, 3.63) is 53.5 Å². The highest BCUT2D eigenvalue weighted by molar-refractivity contribution is 5.87. The number of benzene rings is 1. The molecule has 0 atom stereocenters. The highest BCUT2D eigenvalue weighted by atomic mass is 16.4. The highest BCUT2D eigenvalue weighted by Crippen LogP contribution is 2.27. The smallest absolute Gasteiger partial charge is 0.164 e. The van der Waals surface area contributed by atoms with E-state index in [1.165, 1.54) is 6.07 Å². The number of aromatic carboxylic acids is 1. The Bertz CT molecular complexity index is 807. The molecule has 0 aliphatic carbocycles. The molecule has 0 aliphatic heterocycles. The molecule has 0 N–H and O–H groups in total. The van der Waals surface area contributed by atoms with Crippen LogP contribution in [0.4, 0.5) is 0 Å². The van der Waals surface area contributed by atoms with Crippen LogP contribution in [0, 0.1) is 13.8 Å². The second-order valence-electron chi connectivity index (χ2n) is 4.63. The molecule has 1 aromatic carbocycles. The predicted octanol–water partition coefficient (Wildman–Crippen LogP) is 1.38. The molecule has 0 spiro atoms. The Balaban J connectivity index is 2.37. The topological polar surface area (TPSA) is 70.3 Å². The summed E-state index contributed by atoms with van der Waals surface area (Å²) < 4.78 is 1.66. The first kappa shape index (κ1) is 12.3. The van der Waals surface area contributed by atoms with Gasteiger partial charge < -0.3 is 9.90 Å². The van der Waals surface area contributed by atoms with E-state index >= 15 is 0 Å². The highest BCUT2D eigenvalue weighted by Gasteiger charge is 2.15. The van der Waals surface area contributed by atoms with E-state index in [-0.39, 0.29) is 5.69 Å². The number of hydrogen-bond donors (Lipinski definition) is 0. The number of rotatable bonds is 2. The summed E-state index contributed by atoms with van der Waals surface area (Å²) in [5, 5.41) is 15.5. The van der Waals surface area contributed by atoms with Gasteiger partial charge in [0.1, 0.15) is 0 Å². The standard InChI is InChI=1S/C15H13N3O2/c1-9-8-12(15(19)20)16-14-13(10(2)17-18(9)14)11-6-4-3-5-7-11/h3-8H,1-2H3,(H,19,20)/p-1. The Morgan fingerprint density at radius 3 is 2.55 bits per heavy atom. The Labute approximate surface area is 115 Å². The molecule has 0 unspecified atom stereocenters. The van der Waals surface area contributed by atoms with Gasteiger partial charge in [-0.3, -0.25) is 0 Å². The number of carbonyl (C=O) groups is 1. The third-order valence-electron chi connectivity index (χ3n) is 3.21. The SMILES string of the molecule is Cc1nn2c(C)cc(C(=O)[O-])nc2c1-c1ccccc1. The van der Waals surface area contributed by atoms with Crippen LogP contribution in [0.5, 0.6) is 0 Å². The van der Waals surface area contributed by atoms with Gasteiger partial charge in [-0.25, -0.2) is 9.50 Å². The van der Waals surface area contributed by atoms with Crippen molar-refractivity contribution in [1.29, 1.82) is 0 Å². The van der Waals surface area contributed by atoms with Crippen LogP contribution in [-0.2, 0) is 0 Å². The fourth-order valence-corrected chi connectivity index (χ4v) is 2.32. The summed E-state index contributed by atoms with van der Waals surface area (Å²) in [5.41, 5.74) is 3.78. The number of nitrogens with zero attached hydrogens (tertiary/aromatic N) is 3. The van der Waals surface area contributed by atoms with E-state index in [1.807, 2.05) is 37.3 Å². The molecule has 0 aliphatic rings. The minimum absolute atomic E-state index is 0.0768. The summed E-state index contributed by atoms with van der Waals surface area (Å²) in [4.78, 5) is 15.2. The van der Waals surface area contributed by atoms with Crippen molar-refractivity contribution in [1.82, 2.24) is 14.6 Å². The molecular formula is C15H12N3O2-. The molecule has 0 radical (unpaired) electrons. The zero-order valence-corrected chi connectivity index (χ0v) is 11.1. The van der Waals surface area contributed by atoms with Gasteiger partial charge in [0.25, 0.3) is 0 Å². The van der Waals surface area contributed by atoms with E-state index in [2.05, 4.69) is 10.1 Å². The minimum atomic E-state index is -1.28. The number of hydrogen-bond acceptors (Lipinski definition) is 4. The summed E-state index contributed by atoms with van der Waals surface area (Å²) in [6, 6.07) is 11.1. The number of carbonyl (C=O) groups excluding carboxylic acids is 1. The quantitative estimate of drug-likeness (QED) is 0.702. The van der Waals surface area contributed by atoms with Gasteiger partial charge in [-0.05, 0) is 25.5 Å². The fourth-order valence-electron chi connectivity index (χ4n) is 2.32. The summed E-state index contributed by atoms with van der Waals surface area (Å²) in [5.74, 6) is -1.28. The number of aryl methyl sites for hydroxylation is 2. The third kappa shape index (κ3) is 1.84. The Morgan fingerprint density at radius 2 is 1.90 bits per heavy atom. The lowest BCUT2D eigenvalue weighted by Gasteiger charge is -2.06. The third-order valence-corrected chi connectivity index (χ3v) is 3.21. The molecule has 0 saturated heterocycles. The number of carboxylic acid groups (broad SMARTS) is 1. The zero-order valence-electron chi connectivity index (χ0n) is 11.1. The molecule has 3 aromatic rings. The van der Waals surface area contributed by atoms with Gasteiger partial charge >= 0.3 is 0 Å². The molecule has 0 amide bonds. The van der Waals surface area contributed by atoms with Crippen LogP contribution in [0.1, 0.15) is 21.9 Å². The molecule has 5 heteroatoms. The van der Waals surface area contributed by atoms with Crippen molar-refractivity contribution in [3.8, 4) is 11.1 Å². The summed E-state index contributed by atoms with van der Waals surface area (Å²) in [7, 11) is 0. The first-order valence-corrected chi connectivity index (χ1v) is 6.21. The van der Waals surface area contributed by atoms with Gasteiger partial charge in [-0.15, -0.1) is 0 Å². The van der Waals surface area contributed by atoms with Crippen molar-refractivity contribution < 1.29 is 9.90 Å². The monoisotopic (exact) mass is 266 g/mol. The molecule has 0 saturated carbocycles. The maximum absolute atomic E-state index is 11.0. The van der Waals surface area contributed by atoms with Gasteiger partial charge in [0.2, 0.25) is 0 Å². The Hall–Kier alpha value is -2.69. The van der Waals surface area contributed by atoms with Crippen LogP contribution >= 0.6 is 0 Å². The first-order chi connectivity index (χ1) is 9.58. The van der Waals surface area contributed by atoms with Gasteiger partial charge in [-0.1, -0.05) is 30.3 Å². The van der Waals surface area contributed by atoms with Gasteiger partial charge in [0.15, 0.2) is 5.65 Å². The van der Waals surface area contributed by atoms with E-state index in [0.29, 0.717) is 11.3 Å². The van der Waals surface area contributed by atoms with E-state index in [9.17, 15) is 9.90 Å². The molecular weight excluding hydrogens is 254 g/mol. The van der Waals surface area contributed by atoms with Crippen molar-refractivity contribution in [2.24, 2.45) is 0 Å².